The minimum Gasteiger partial charge on any atom is -0.324 e. The number of rotatable bonds is 4. The highest BCUT2D eigenvalue weighted by molar-refractivity contribution is 5.35. The summed E-state index contributed by atoms with van der Waals surface area (Å²) in [6, 6.07) is 0.652. The van der Waals surface area contributed by atoms with Gasteiger partial charge in [0.2, 0.25) is 0 Å². The largest absolute Gasteiger partial charge is 0.416 e. The Morgan fingerprint density at radius 2 is 1.40 bits per heavy atom. The van der Waals surface area contributed by atoms with E-state index in [1.165, 1.54) is 0 Å². The first-order chi connectivity index (χ1) is 9.05. The maximum absolute atomic E-state index is 12.6. The van der Waals surface area contributed by atoms with Crippen LogP contribution in [0.5, 0.6) is 0 Å². The van der Waals surface area contributed by atoms with Crippen molar-refractivity contribution in [3.8, 4) is 0 Å². The van der Waals surface area contributed by atoms with E-state index < -0.39 is 29.5 Å². The summed E-state index contributed by atoms with van der Waals surface area (Å²) in [7, 11) is 0. The summed E-state index contributed by atoms with van der Waals surface area (Å²) < 4.78 is 75.9. The van der Waals surface area contributed by atoms with Crippen molar-refractivity contribution in [2.75, 3.05) is 0 Å². The maximum atomic E-state index is 12.6. The van der Waals surface area contributed by atoms with E-state index in [-0.39, 0.29) is 11.6 Å². The van der Waals surface area contributed by atoms with Crippen LogP contribution in [0.25, 0.3) is 0 Å². The predicted octanol–water partition coefficient (Wildman–Crippen LogP) is 4.91. The molecule has 1 atom stereocenters. The summed E-state index contributed by atoms with van der Waals surface area (Å²) in [6.07, 6.45) is -7.92. The number of halogens is 6. The van der Waals surface area contributed by atoms with E-state index >= 15 is 0 Å². The average molecular weight is 299 g/mol. The zero-order valence-corrected chi connectivity index (χ0v) is 10.8. The van der Waals surface area contributed by atoms with Gasteiger partial charge in [0.25, 0.3) is 0 Å². The standard InChI is InChI=1S/C13H15F6N/c1-2-3-4-11(20)8-5-9(12(14,15)16)7-10(6-8)13(17,18)19/h5-7,11H,2-4,20H2,1H3/t11-/m0/s1. The third kappa shape index (κ3) is 4.40. The highest BCUT2D eigenvalue weighted by Gasteiger charge is 2.37. The van der Waals surface area contributed by atoms with Crippen molar-refractivity contribution in [3.05, 3.63) is 34.9 Å². The summed E-state index contributed by atoms with van der Waals surface area (Å²) in [5, 5.41) is 0. The minimum atomic E-state index is -4.83. The first-order valence-corrected chi connectivity index (χ1v) is 6.10. The summed E-state index contributed by atoms with van der Waals surface area (Å²) in [4.78, 5) is 0. The van der Waals surface area contributed by atoms with Crippen LogP contribution in [-0.2, 0) is 12.4 Å². The lowest BCUT2D eigenvalue weighted by Gasteiger charge is -2.17. The molecule has 0 aliphatic carbocycles. The molecule has 1 aromatic rings. The maximum Gasteiger partial charge on any atom is 0.416 e. The predicted molar refractivity (Wildman–Crippen MR) is 62.9 cm³/mol. The number of hydrogen-bond acceptors (Lipinski definition) is 1. The van der Waals surface area contributed by atoms with Crippen LogP contribution < -0.4 is 5.73 Å². The van der Waals surface area contributed by atoms with Gasteiger partial charge in [-0.1, -0.05) is 19.8 Å². The van der Waals surface area contributed by atoms with Gasteiger partial charge in [0, 0.05) is 6.04 Å². The fraction of sp³-hybridized carbons (Fsp3) is 0.538. The van der Waals surface area contributed by atoms with Crippen LogP contribution >= 0.6 is 0 Å². The molecular formula is C13H15F6N. The van der Waals surface area contributed by atoms with Crippen molar-refractivity contribution < 1.29 is 26.3 Å². The van der Waals surface area contributed by atoms with Gasteiger partial charge in [-0.05, 0) is 30.2 Å². The Labute approximate surface area is 112 Å². The third-order valence-corrected chi connectivity index (χ3v) is 2.91. The summed E-state index contributed by atoms with van der Waals surface area (Å²) >= 11 is 0. The molecule has 0 aliphatic heterocycles. The molecule has 0 aliphatic rings. The first kappa shape index (κ1) is 16.8. The van der Waals surface area contributed by atoms with Gasteiger partial charge in [0.05, 0.1) is 11.1 Å². The second-order valence-corrected chi connectivity index (χ2v) is 4.59. The third-order valence-electron chi connectivity index (χ3n) is 2.91. The van der Waals surface area contributed by atoms with Gasteiger partial charge in [-0.25, -0.2) is 0 Å². The molecule has 0 heterocycles. The lowest BCUT2D eigenvalue weighted by molar-refractivity contribution is -0.143. The molecule has 1 aromatic carbocycles. The van der Waals surface area contributed by atoms with Crippen LogP contribution in [0, 0.1) is 0 Å². The molecular weight excluding hydrogens is 284 g/mol. The van der Waals surface area contributed by atoms with E-state index in [9.17, 15) is 26.3 Å². The van der Waals surface area contributed by atoms with E-state index in [0.717, 1.165) is 6.42 Å². The van der Waals surface area contributed by atoms with E-state index in [4.69, 9.17) is 5.73 Å². The number of unbranched alkanes of at least 4 members (excludes halogenated alkanes) is 1. The van der Waals surface area contributed by atoms with Crippen LogP contribution in [0.1, 0.15) is 48.9 Å². The molecule has 0 radical (unpaired) electrons. The number of benzene rings is 1. The van der Waals surface area contributed by atoms with E-state index in [1.807, 2.05) is 6.92 Å². The lowest BCUT2D eigenvalue weighted by Crippen LogP contribution is -2.16. The monoisotopic (exact) mass is 299 g/mol. The Hall–Kier alpha value is -1.24. The highest BCUT2D eigenvalue weighted by Crippen LogP contribution is 2.37. The smallest absolute Gasteiger partial charge is 0.324 e. The summed E-state index contributed by atoms with van der Waals surface area (Å²) in [5.74, 6) is 0. The molecule has 0 spiro atoms. The van der Waals surface area contributed by atoms with Gasteiger partial charge in [0.15, 0.2) is 0 Å². The molecule has 0 saturated carbocycles. The second kappa shape index (κ2) is 6.03. The van der Waals surface area contributed by atoms with Crippen molar-refractivity contribution in [2.45, 2.75) is 44.6 Å². The molecule has 0 unspecified atom stereocenters. The molecule has 0 fully saturated rings. The van der Waals surface area contributed by atoms with Crippen molar-refractivity contribution in [1.29, 1.82) is 0 Å². The van der Waals surface area contributed by atoms with E-state index in [1.54, 1.807) is 0 Å². The first-order valence-electron chi connectivity index (χ1n) is 6.10. The molecule has 7 heteroatoms. The van der Waals surface area contributed by atoms with Gasteiger partial charge >= 0.3 is 12.4 Å². The van der Waals surface area contributed by atoms with Crippen molar-refractivity contribution in [2.24, 2.45) is 5.73 Å². The van der Waals surface area contributed by atoms with Crippen LogP contribution in [0.2, 0.25) is 0 Å². The van der Waals surface area contributed by atoms with Crippen molar-refractivity contribution in [1.82, 2.24) is 0 Å². The Morgan fingerprint density at radius 3 is 1.75 bits per heavy atom. The quantitative estimate of drug-likeness (QED) is 0.785. The SMILES string of the molecule is CCCC[C@H](N)c1cc(C(F)(F)F)cc(C(F)(F)F)c1. The van der Waals surface area contributed by atoms with Crippen molar-refractivity contribution in [3.63, 3.8) is 0 Å². The fourth-order valence-corrected chi connectivity index (χ4v) is 1.78. The Balaban J connectivity index is 3.24. The molecule has 114 valence electrons. The number of nitrogens with two attached hydrogens (primary N) is 1. The molecule has 0 bridgehead atoms. The molecule has 0 saturated heterocycles. The zero-order valence-electron chi connectivity index (χ0n) is 10.8. The second-order valence-electron chi connectivity index (χ2n) is 4.59. The van der Waals surface area contributed by atoms with Crippen LogP contribution in [0.4, 0.5) is 26.3 Å². The molecule has 1 rings (SSSR count). The van der Waals surface area contributed by atoms with E-state index in [0.29, 0.717) is 25.0 Å². The topological polar surface area (TPSA) is 26.0 Å². The molecule has 0 amide bonds. The zero-order chi connectivity index (χ0) is 15.6. The van der Waals surface area contributed by atoms with Gasteiger partial charge in [-0.15, -0.1) is 0 Å². The average Bonchev–Trinajstić information content (AvgIpc) is 2.33. The van der Waals surface area contributed by atoms with Gasteiger partial charge in [0.1, 0.15) is 0 Å². The Morgan fingerprint density at radius 1 is 0.950 bits per heavy atom. The lowest BCUT2D eigenvalue weighted by atomic mass is 9.97. The van der Waals surface area contributed by atoms with Crippen LogP contribution in [0.3, 0.4) is 0 Å². The highest BCUT2D eigenvalue weighted by atomic mass is 19.4. The van der Waals surface area contributed by atoms with Crippen LogP contribution in [0.15, 0.2) is 18.2 Å². The van der Waals surface area contributed by atoms with Gasteiger partial charge in [-0.3, -0.25) is 0 Å². The fourth-order valence-electron chi connectivity index (χ4n) is 1.78. The van der Waals surface area contributed by atoms with Crippen LogP contribution in [-0.4, -0.2) is 0 Å². The molecule has 1 nitrogen and oxygen atoms in total. The number of alkyl halides is 6. The molecule has 2 N–H and O–H groups in total. The van der Waals surface area contributed by atoms with Crippen molar-refractivity contribution >= 4 is 0 Å². The van der Waals surface area contributed by atoms with E-state index in [2.05, 4.69) is 0 Å². The van der Waals surface area contributed by atoms with Gasteiger partial charge < -0.3 is 5.73 Å². The summed E-state index contributed by atoms with van der Waals surface area (Å²) in [5.41, 5.74) is 2.88. The summed E-state index contributed by atoms with van der Waals surface area (Å²) in [6.45, 7) is 1.86. The Bertz CT molecular complexity index is 417. The molecule has 0 aromatic heterocycles. The van der Waals surface area contributed by atoms with Gasteiger partial charge in [-0.2, -0.15) is 26.3 Å². The molecule has 20 heavy (non-hydrogen) atoms. The Kier molecular flexibility index (Phi) is 5.07. The number of hydrogen-bond donors (Lipinski definition) is 1. The normalized spacial score (nSPS) is 14.4. The minimum absolute atomic E-state index is 0.107.